The Morgan fingerprint density at radius 3 is 2.62 bits per heavy atom. The van der Waals surface area contributed by atoms with Crippen molar-refractivity contribution in [3.05, 3.63) is 89.9 Å². The Morgan fingerprint density at radius 2 is 1.88 bits per heavy atom. The van der Waals surface area contributed by atoms with Gasteiger partial charge in [-0.1, -0.05) is 48.0 Å². The number of aromatic nitrogens is 1. The van der Waals surface area contributed by atoms with Gasteiger partial charge in [0.25, 0.3) is 5.91 Å². The Bertz CT molecular complexity index is 981. The van der Waals surface area contributed by atoms with E-state index in [4.69, 9.17) is 11.5 Å². The summed E-state index contributed by atoms with van der Waals surface area (Å²) < 4.78 is 2.12. The SMILES string of the molecule is Cc1ccc(Cn2cc(NC(=O)/C(N)=C/C=C\N)c3ccccc32)cc1. The van der Waals surface area contributed by atoms with Crippen molar-refractivity contribution in [2.24, 2.45) is 11.5 Å². The quantitative estimate of drug-likeness (QED) is 0.490. The Morgan fingerprint density at radius 1 is 1.15 bits per heavy atom. The first-order valence-electron chi connectivity index (χ1n) is 8.37. The van der Waals surface area contributed by atoms with E-state index < -0.39 is 0 Å². The van der Waals surface area contributed by atoms with Crippen LogP contribution in [0.1, 0.15) is 11.1 Å². The number of hydrogen-bond acceptors (Lipinski definition) is 3. The summed E-state index contributed by atoms with van der Waals surface area (Å²) in [6.07, 6.45) is 6.26. The highest BCUT2D eigenvalue weighted by molar-refractivity contribution is 6.08. The van der Waals surface area contributed by atoms with Crippen molar-refractivity contribution in [1.29, 1.82) is 0 Å². The second-order valence-corrected chi connectivity index (χ2v) is 6.13. The third-order valence-corrected chi connectivity index (χ3v) is 4.16. The molecule has 5 N–H and O–H groups in total. The number of carbonyl (C=O) groups is 1. The molecule has 0 radical (unpaired) electrons. The molecule has 0 fully saturated rings. The first-order valence-corrected chi connectivity index (χ1v) is 8.37. The number of hydrogen-bond donors (Lipinski definition) is 3. The van der Waals surface area contributed by atoms with Crippen molar-refractivity contribution in [3.8, 4) is 0 Å². The molecule has 1 aromatic heterocycles. The van der Waals surface area contributed by atoms with Crippen molar-refractivity contribution < 1.29 is 4.79 Å². The number of benzene rings is 2. The van der Waals surface area contributed by atoms with E-state index in [2.05, 4.69) is 41.1 Å². The molecule has 0 atom stereocenters. The average molecular weight is 346 g/mol. The normalized spacial score (nSPS) is 12.0. The van der Waals surface area contributed by atoms with Crippen LogP contribution in [0.15, 0.2) is 78.8 Å². The standard InChI is InChI=1S/C21H22N4O/c1-15-8-10-16(11-9-15)13-25-14-19(17-5-2-3-7-20(17)25)24-21(26)18(23)6-4-12-22/h2-12,14H,13,22-23H2,1H3,(H,24,26)/b12-4-,18-6-. The smallest absolute Gasteiger partial charge is 0.271 e. The Balaban J connectivity index is 1.92. The second-order valence-electron chi connectivity index (χ2n) is 6.13. The van der Waals surface area contributed by atoms with Gasteiger partial charge in [-0.15, -0.1) is 0 Å². The third-order valence-electron chi connectivity index (χ3n) is 4.16. The maximum absolute atomic E-state index is 12.3. The van der Waals surface area contributed by atoms with Gasteiger partial charge in [0.05, 0.1) is 16.9 Å². The minimum absolute atomic E-state index is 0.0991. The van der Waals surface area contributed by atoms with Crippen LogP contribution in [0.2, 0.25) is 0 Å². The molecule has 3 rings (SSSR count). The molecular formula is C21H22N4O. The van der Waals surface area contributed by atoms with Crippen LogP contribution in [0, 0.1) is 6.92 Å². The van der Waals surface area contributed by atoms with E-state index in [0.29, 0.717) is 0 Å². The number of carbonyl (C=O) groups excluding carboxylic acids is 1. The molecule has 5 heteroatoms. The molecule has 2 aromatic carbocycles. The fourth-order valence-electron chi connectivity index (χ4n) is 2.80. The van der Waals surface area contributed by atoms with E-state index in [1.807, 2.05) is 30.5 Å². The maximum Gasteiger partial charge on any atom is 0.271 e. The summed E-state index contributed by atoms with van der Waals surface area (Å²) in [5.41, 5.74) is 15.4. The molecule has 0 aliphatic heterocycles. The first kappa shape index (κ1) is 17.4. The number of allylic oxidation sites excluding steroid dienone is 2. The monoisotopic (exact) mass is 346 g/mol. The van der Waals surface area contributed by atoms with Gasteiger partial charge in [0, 0.05) is 18.1 Å². The van der Waals surface area contributed by atoms with E-state index in [9.17, 15) is 4.79 Å². The van der Waals surface area contributed by atoms with Crippen molar-refractivity contribution in [3.63, 3.8) is 0 Å². The van der Waals surface area contributed by atoms with Gasteiger partial charge >= 0.3 is 0 Å². The summed E-state index contributed by atoms with van der Waals surface area (Å²) in [7, 11) is 0. The fraction of sp³-hybridized carbons (Fsp3) is 0.0952. The van der Waals surface area contributed by atoms with Gasteiger partial charge in [0.15, 0.2) is 0 Å². The molecule has 3 aromatic rings. The minimum atomic E-state index is -0.360. The number of nitrogens with zero attached hydrogens (tertiary/aromatic N) is 1. The molecule has 0 aliphatic carbocycles. The van der Waals surface area contributed by atoms with Gasteiger partial charge in [-0.25, -0.2) is 0 Å². The first-order chi connectivity index (χ1) is 12.6. The Labute approximate surface area is 152 Å². The molecule has 132 valence electrons. The molecule has 1 heterocycles. The summed E-state index contributed by atoms with van der Waals surface area (Å²) in [6, 6.07) is 16.4. The number of nitrogens with two attached hydrogens (primary N) is 2. The van der Waals surface area contributed by atoms with Gasteiger partial charge in [0.1, 0.15) is 0 Å². The molecule has 0 unspecified atom stereocenters. The molecule has 0 bridgehead atoms. The molecule has 0 saturated carbocycles. The maximum atomic E-state index is 12.3. The Hall–Kier alpha value is -3.47. The van der Waals surface area contributed by atoms with Crippen LogP contribution in [0.25, 0.3) is 10.9 Å². The summed E-state index contributed by atoms with van der Waals surface area (Å²) in [5.74, 6) is -0.360. The lowest BCUT2D eigenvalue weighted by molar-refractivity contribution is -0.112. The van der Waals surface area contributed by atoms with Gasteiger partial charge in [-0.2, -0.15) is 0 Å². The van der Waals surface area contributed by atoms with E-state index >= 15 is 0 Å². The predicted octanol–water partition coefficient (Wildman–Crippen LogP) is 3.25. The zero-order valence-corrected chi connectivity index (χ0v) is 14.6. The summed E-state index contributed by atoms with van der Waals surface area (Å²) in [4.78, 5) is 12.3. The van der Waals surface area contributed by atoms with Gasteiger partial charge in [0.2, 0.25) is 0 Å². The summed E-state index contributed by atoms with van der Waals surface area (Å²) in [6.45, 7) is 2.79. The minimum Gasteiger partial charge on any atom is -0.405 e. The topological polar surface area (TPSA) is 86.1 Å². The van der Waals surface area contributed by atoms with E-state index in [0.717, 1.165) is 23.1 Å². The van der Waals surface area contributed by atoms with Crippen LogP contribution in [-0.4, -0.2) is 10.5 Å². The lowest BCUT2D eigenvalue weighted by atomic mass is 10.1. The lowest BCUT2D eigenvalue weighted by Gasteiger charge is -2.06. The molecule has 1 amide bonds. The third kappa shape index (κ3) is 3.78. The molecule has 5 nitrogen and oxygen atoms in total. The molecule has 26 heavy (non-hydrogen) atoms. The van der Waals surface area contributed by atoms with Crippen molar-refractivity contribution >= 4 is 22.5 Å². The zero-order valence-electron chi connectivity index (χ0n) is 14.6. The highest BCUT2D eigenvalue weighted by atomic mass is 16.2. The number of para-hydroxylation sites is 1. The number of fused-ring (bicyclic) bond motifs is 1. The number of anilines is 1. The number of aryl methyl sites for hydroxylation is 1. The fourth-order valence-corrected chi connectivity index (χ4v) is 2.80. The van der Waals surface area contributed by atoms with Crippen molar-refractivity contribution in [2.75, 3.05) is 5.32 Å². The summed E-state index contributed by atoms with van der Waals surface area (Å²) >= 11 is 0. The molecule has 0 aliphatic rings. The van der Waals surface area contributed by atoms with E-state index in [1.165, 1.54) is 29.5 Å². The molecular weight excluding hydrogens is 324 g/mol. The van der Waals surface area contributed by atoms with Crippen LogP contribution in [0.4, 0.5) is 5.69 Å². The van der Waals surface area contributed by atoms with Crippen molar-refractivity contribution in [2.45, 2.75) is 13.5 Å². The second kappa shape index (κ2) is 7.61. The van der Waals surface area contributed by atoms with Crippen LogP contribution < -0.4 is 16.8 Å². The van der Waals surface area contributed by atoms with E-state index in [1.54, 1.807) is 0 Å². The largest absolute Gasteiger partial charge is 0.405 e. The van der Waals surface area contributed by atoms with Crippen LogP contribution in [-0.2, 0) is 11.3 Å². The zero-order chi connectivity index (χ0) is 18.5. The number of nitrogens with one attached hydrogen (secondary N) is 1. The number of amides is 1. The molecule has 0 saturated heterocycles. The van der Waals surface area contributed by atoms with E-state index in [-0.39, 0.29) is 11.6 Å². The highest BCUT2D eigenvalue weighted by Crippen LogP contribution is 2.27. The van der Waals surface area contributed by atoms with Crippen LogP contribution in [0.5, 0.6) is 0 Å². The van der Waals surface area contributed by atoms with Crippen molar-refractivity contribution in [1.82, 2.24) is 4.57 Å². The average Bonchev–Trinajstić information content (AvgIpc) is 2.99. The molecule has 0 spiro atoms. The van der Waals surface area contributed by atoms with Gasteiger partial charge in [-0.3, -0.25) is 4.79 Å². The predicted molar refractivity (Wildman–Crippen MR) is 106 cm³/mol. The van der Waals surface area contributed by atoms with Gasteiger partial charge < -0.3 is 21.4 Å². The Kier molecular flexibility index (Phi) is 5.08. The number of rotatable bonds is 5. The summed E-state index contributed by atoms with van der Waals surface area (Å²) in [5, 5.41) is 3.85. The van der Waals surface area contributed by atoms with Crippen LogP contribution in [0.3, 0.4) is 0 Å². The van der Waals surface area contributed by atoms with Crippen LogP contribution >= 0.6 is 0 Å². The van der Waals surface area contributed by atoms with Gasteiger partial charge in [-0.05, 0) is 36.9 Å². The highest BCUT2D eigenvalue weighted by Gasteiger charge is 2.12. The lowest BCUT2D eigenvalue weighted by Crippen LogP contribution is -2.19.